The van der Waals surface area contributed by atoms with Crippen molar-refractivity contribution in [3.63, 3.8) is 0 Å². The van der Waals surface area contributed by atoms with Gasteiger partial charge in [0.15, 0.2) is 0 Å². The Morgan fingerprint density at radius 1 is 0.962 bits per heavy atom. The summed E-state index contributed by atoms with van der Waals surface area (Å²) in [5.74, 6) is -0.474. The highest BCUT2D eigenvalue weighted by Crippen LogP contribution is 2.23. The summed E-state index contributed by atoms with van der Waals surface area (Å²) < 4.78 is 10.1. The Bertz CT molecular complexity index is 756. The van der Waals surface area contributed by atoms with E-state index in [1.807, 2.05) is 36.4 Å². The van der Waals surface area contributed by atoms with Crippen molar-refractivity contribution in [2.24, 2.45) is 0 Å². The first-order valence-electron chi connectivity index (χ1n) is 8.44. The van der Waals surface area contributed by atoms with Crippen molar-refractivity contribution in [2.45, 2.75) is 13.3 Å². The highest BCUT2D eigenvalue weighted by Gasteiger charge is 2.07. The minimum absolute atomic E-state index is 0.0810. The van der Waals surface area contributed by atoms with Crippen LogP contribution in [0.2, 0.25) is 0 Å². The van der Waals surface area contributed by atoms with Gasteiger partial charge in [0.25, 0.3) is 0 Å². The monoisotopic (exact) mass is 353 g/mol. The van der Waals surface area contributed by atoms with E-state index in [1.165, 1.54) is 0 Å². The number of hydrogen-bond donors (Lipinski definition) is 1. The van der Waals surface area contributed by atoms with E-state index >= 15 is 0 Å². The molecule has 136 valence electrons. The van der Waals surface area contributed by atoms with Gasteiger partial charge < -0.3 is 14.8 Å². The van der Waals surface area contributed by atoms with Crippen LogP contribution in [0.1, 0.15) is 12.5 Å². The van der Waals surface area contributed by atoms with Crippen LogP contribution in [-0.4, -0.2) is 31.8 Å². The molecule has 0 unspecified atom stereocenters. The summed E-state index contributed by atoms with van der Waals surface area (Å²) in [4.78, 5) is 22.9. The van der Waals surface area contributed by atoms with Crippen LogP contribution in [0, 0.1) is 0 Å². The largest absolute Gasteiger partial charge is 0.460 e. The van der Waals surface area contributed by atoms with E-state index in [9.17, 15) is 9.59 Å². The summed E-state index contributed by atoms with van der Waals surface area (Å²) in [6, 6.07) is 18.1. The molecule has 0 spiro atoms. The minimum atomic E-state index is -0.534. The van der Waals surface area contributed by atoms with Crippen LogP contribution >= 0.6 is 0 Å². The maximum atomic E-state index is 11.7. The summed E-state index contributed by atoms with van der Waals surface area (Å²) >= 11 is 0. The molecule has 1 N–H and O–H groups in total. The molecule has 2 aromatic carbocycles. The second kappa shape index (κ2) is 10.0. The van der Waals surface area contributed by atoms with Crippen LogP contribution in [0.3, 0.4) is 0 Å². The molecular formula is C21H23NO4. The molecule has 0 aliphatic rings. The van der Waals surface area contributed by atoms with Crippen LogP contribution in [0.4, 0.5) is 4.79 Å². The fraction of sp³-hybridized carbons (Fsp3) is 0.238. The number of alkyl carbamates (subject to hydrolysis) is 1. The first-order chi connectivity index (χ1) is 12.6. The SMILES string of the molecule is C=C(C)C(=O)OCCNC(=O)OCCc1ccccc1-c1ccccc1. The number of esters is 1. The highest BCUT2D eigenvalue weighted by molar-refractivity contribution is 5.86. The molecule has 0 radical (unpaired) electrons. The number of amides is 1. The zero-order valence-corrected chi connectivity index (χ0v) is 14.9. The molecule has 0 atom stereocenters. The van der Waals surface area contributed by atoms with E-state index in [2.05, 4.69) is 30.1 Å². The van der Waals surface area contributed by atoms with Crippen molar-refractivity contribution in [1.82, 2.24) is 5.32 Å². The van der Waals surface area contributed by atoms with E-state index in [-0.39, 0.29) is 19.8 Å². The van der Waals surface area contributed by atoms with Gasteiger partial charge in [-0.2, -0.15) is 0 Å². The fourth-order valence-electron chi connectivity index (χ4n) is 2.36. The molecule has 0 aliphatic heterocycles. The van der Waals surface area contributed by atoms with Crippen molar-refractivity contribution in [2.75, 3.05) is 19.8 Å². The van der Waals surface area contributed by atoms with Crippen molar-refractivity contribution < 1.29 is 19.1 Å². The smallest absolute Gasteiger partial charge is 0.407 e. The van der Waals surface area contributed by atoms with Crippen LogP contribution in [0.15, 0.2) is 66.7 Å². The number of rotatable bonds is 8. The fourth-order valence-corrected chi connectivity index (χ4v) is 2.36. The topological polar surface area (TPSA) is 64.6 Å². The van der Waals surface area contributed by atoms with Crippen LogP contribution < -0.4 is 5.32 Å². The van der Waals surface area contributed by atoms with Gasteiger partial charge in [-0.1, -0.05) is 61.2 Å². The molecular weight excluding hydrogens is 330 g/mol. The molecule has 5 heteroatoms. The van der Waals surface area contributed by atoms with Gasteiger partial charge in [-0.25, -0.2) is 9.59 Å². The molecule has 0 heterocycles. The number of nitrogens with one attached hydrogen (secondary N) is 1. The van der Waals surface area contributed by atoms with Gasteiger partial charge >= 0.3 is 12.1 Å². The molecule has 1 amide bonds. The average Bonchev–Trinajstić information content (AvgIpc) is 2.66. The maximum Gasteiger partial charge on any atom is 0.407 e. The lowest BCUT2D eigenvalue weighted by molar-refractivity contribution is -0.138. The molecule has 2 rings (SSSR count). The molecule has 0 saturated carbocycles. The Kier molecular flexibility index (Phi) is 7.43. The van der Waals surface area contributed by atoms with Crippen molar-refractivity contribution in [1.29, 1.82) is 0 Å². The molecule has 26 heavy (non-hydrogen) atoms. The van der Waals surface area contributed by atoms with Gasteiger partial charge in [-0.05, 0) is 23.6 Å². The predicted molar refractivity (Wildman–Crippen MR) is 101 cm³/mol. The van der Waals surface area contributed by atoms with E-state index in [1.54, 1.807) is 6.92 Å². The number of carbonyl (C=O) groups excluding carboxylic acids is 2. The second-order valence-electron chi connectivity index (χ2n) is 5.75. The quantitative estimate of drug-likeness (QED) is 0.446. The molecule has 0 fully saturated rings. The summed E-state index contributed by atoms with van der Waals surface area (Å²) in [7, 11) is 0. The van der Waals surface area contributed by atoms with E-state index in [0.29, 0.717) is 12.0 Å². The van der Waals surface area contributed by atoms with Crippen LogP contribution in [-0.2, 0) is 20.7 Å². The lowest BCUT2D eigenvalue weighted by Gasteiger charge is -2.11. The number of benzene rings is 2. The third-order valence-corrected chi connectivity index (χ3v) is 3.66. The first-order valence-corrected chi connectivity index (χ1v) is 8.44. The third-order valence-electron chi connectivity index (χ3n) is 3.66. The predicted octanol–water partition coefficient (Wildman–Crippen LogP) is 3.74. The molecule has 0 aromatic heterocycles. The average molecular weight is 353 g/mol. The van der Waals surface area contributed by atoms with Crippen LogP contribution in [0.25, 0.3) is 11.1 Å². The van der Waals surface area contributed by atoms with Gasteiger partial charge in [-0.15, -0.1) is 0 Å². The third kappa shape index (κ3) is 6.09. The standard InChI is InChI=1S/C21H23NO4/c1-16(2)20(23)25-15-13-22-21(24)26-14-12-18-10-6-7-11-19(18)17-8-4-3-5-9-17/h3-11H,1,12-15H2,2H3,(H,22,24). The minimum Gasteiger partial charge on any atom is -0.460 e. The highest BCUT2D eigenvalue weighted by atomic mass is 16.6. The lowest BCUT2D eigenvalue weighted by atomic mass is 9.98. The summed E-state index contributed by atoms with van der Waals surface area (Å²) in [6.07, 6.45) is 0.0805. The molecule has 0 bridgehead atoms. The van der Waals surface area contributed by atoms with Crippen molar-refractivity contribution in [3.8, 4) is 11.1 Å². The van der Waals surface area contributed by atoms with Gasteiger partial charge in [0.2, 0.25) is 0 Å². The molecule has 0 saturated heterocycles. The van der Waals surface area contributed by atoms with Gasteiger partial charge in [-0.3, -0.25) is 0 Å². The lowest BCUT2D eigenvalue weighted by Crippen LogP contribution is -2.29. The van der Waals surface area contributed by atoms with Crippen molar-refractivity contribution in [3.05, 3.63) is 72.3 Å². The van der Waals surface area contributed by atoms with Crippen molar-refractivity contribution >= 4 is 12.1 Å². The number of hydrogen-bond acceptors (Lipinski definition) is 4. The Morgan fingerprint density at radius 2 is 1.65 bits per heavy atom. The Morgan fingerprint density at radius 3 is 2.38 bits per heavy atom. The van der Waals surface area contributed by atoms with Crippen LogP contribution in [0.5, 0.6) is 0 Å². The maximum absolute atomic E-state index is 11.7. The van der Waals surface area contributed by atoms with Gasteiger partial charge in [0.1, 0.15) is 6.61 Å². The summed E-state index contributed by atoms with van der Waals surface area (Å²) in [5, 5.41) is 2.54. The second-order valence-corrected chi connectivity index (χ2v) is 5.75. The number of carbonyl (C=O) groups is 2. The van der Waals surface area contributed by atoms with E-state index < -0.39 is 12.1 Å². The van der Waals surface area contributed by atoms with Gasteiger partial charge in [0, 0.05) is 12.0 Å². The summed E-state index contributed by atoms with van der Waals surface area (Å²) in [6.45, 7) is 5.59. The zero-order chi connectivity index (χ0) is 18.8. The Labute approximate surface area is 153 Å². The molecule has 5 nitrogen and oxygen atoms in total. The van der Waals surface area contributed by atoms with Gasteiger partial charge in [0.05, 0.1) is 13.2 Å². The van der Waals surface area contributed by atoms with E-state index in [0.717, 1.165) is 16.7 Å². The Balaban J connectivity index is 1.75. The molecule has 2 aromatic rings. The first kappa shape index (κ1) is 19.2. The Hall–Kier alpha value is -3.08. The number of ether oxygens (including phenoxy) is 2. The molecule has 0 aliphatic carbocycles. The zero-order valence-electron chi connectivity index (χ0n) is 14.9. The normalized spacial score (nSPS) is 10.0. The summed E-state index contributed by atoms with van der Waals surface area (Å²) in [5.41, 5.74) is 3.70. The van der Waals surface area contributed by atoms with E-state index in [4.69, 9.17) is 9.47 Å².